The SMILES string of the molecule is CCCCCCCCCCCCCCCCCCCCCCCCC(O)C(=O)N[C@@H](COP(=O)([O-])OCC[N+](C)(C)C)[C@H](O)/C=C/CCCCCCCCCC(C)C. The number of aliphatic hydroxyl groups is 2. The van der Waals surface area contributed by atoms with E-state index < -0.39 is 38.6 Å². The highest BCUT2D eigenvalue weighted by molar-refractivity contribution is 7.45. The average Bonchev–Trinajstić information content (AvgIpc) is 3.16. The first-order valence-electron chi connectivity index (χ1n) is 24.5. The number of carbonyl (C=O) groups is 1. The predicted octanol–water partition coefficient (Wildman–Crippen LogP) is 12.1. The van der Waals surface area contributed by atoms with Gasteiger partial charge in [0.25, 0.3) is 7.82 Å². The zero-order valence-electron chi connectivity index (χ0n) is 39.0. The molecule has 0 saturated heterocycles. The minimum absolute atomic E-state index is 0.0417. The first-order valence-corrected chi connectivity index (χ1v) is 26.0. The second kappa shape index (κ2) is 39.1. The number of nitrogens with one attached hydrogen (secondary N) is 1. The van der Waals surface area contributed by atoms with E-state index in [1.54, 1.807) is 6.08 Å². The lowest BCUT2D eigenvalue weighted by Crippen LogP contribution is -2.49. The van der Waals surface area contributed by atoms with Gasteiger partial charge < -0.3 is 34.0 Å². The van der Waals surface area contributed by atoms with E-state index in [0.717, 1.165) is 44.4 Å². The average molecular weight is 845 g/mol. The van der Waals surface area contributed by atoms with Crippen molar-refractivity contribution in [1.82, 2.24) is 5.32 Å². The van der Waals surface area contributed by atoms with Crippen LogP contribution in [0.25, 0.3) is 0 Å². The van der Waals surface area contributed by atoms with Gasteiger partial charge >= 0.3 is 0 Å². The molecule has 0 heterocycles. The van der Waals surface area contributed by atoms with Crippen LogP contribution in [0.1, 0.15) is 226 Å². The fraction of sp³-hybridized carbons (Fsp3) is 0.938. The van der Waals surface area contributed by atoms with Crippen molar-refractivity contribution in [2.24, 2.45) is 5.92 Å². The van der Waals surface area contributed by atoms with Gasteiger partial charge in [0, 0.05) is 0 Å². The number of unbranched alkanes of at least 4 members (excludes halogenated alkanes) is 28. The van der Waals surface area contributed by atoms with E-state index in [1.165, 1.54) is 161 Å². The van der Waals surface area contributed by atoms with E-state index in [1.807, 2.05) is 27.2 Å². The zero-order valence-corrected chi connectivity index (χ0v) is 39.9. The van der Waals surface area contributed by atoms with Crippen LogP contribution < -0.4 is 10.2 Å². The molecule has 0 bridgehead atoms. The monoisotopic (exact) mass is 845 g/mol. The van der Waals surface area contributed by atoms with Crippen LogP contribution in [0.15, 0.2) is 12.2 Å². The molecule has 2 unspecified atom stereocenters. The van der Waals surface area contributed by atoms with Gasteiger partial charge in [0.05, 0.1) is 39.9 Å². The molecule has 0 aliphatic heterocycles. The summed E-state index contributed by atoms with van der Waals surface area (Å²) in [5.74, 6) is 0.139. The Morgan fingerprint density at radius 3 is 1.45 bits per heavy atom. The summed E-state index contributed by atoms with van der Waals surface area (Å²) >= 11 is 0. The number of carbonyl (C=O) groups excluding carboxylic acids is 1. The molecule has 0 radical (unpaired) electrons. The summed E-state index contributed by atoms with van der Waals surface area (Å²) in [7, 11) is 1.12. The molecular formula is C48H97N2O7P. The van der Waals surface area contributed by atoms with Crippen LogP contribution in [0.2, 0.25) is 0 Å². The lowest BCUT2D eigenvalue weighted by Gasteiger charge is -2.29. The molecule has 0 aromatic rings. The number of likely N-dealkylation sites (N-methyl/N-ethyl adjacent to an activating group) is 1. The maximum absolute atomic E-state index is 13.0. The molecule has 0 saturated carbocycles. The minimum Gasteiger partial charge on any atom is -0.756 e. The summed E-state index contributed by atoms with van der Waals surface area (Å²) in [6.07, 6.45) is 40.6. The number of phosphoric acid groups is 1. The Bertz CT molecular complexity index is 990. The minimum atomic E-state index is -4.66. The number of quaternary nitrogens is 1. The molecule has 346 valence electrons. The lowest BCUT2D eigenvalue weighted by molar-refractivity contribution is -0.870. The third-order valence-electron chi connectivity index (χ3n) is 11.3. The van der Waals surface area contributed by atoms with Crippen molar-refractivity contribution < 1.29 is 38.0 Å². The molecule has 0 aliphatic rings. The first-order chi connectivity index (χ1) is 27.8. The summed E-state index contributed by atoms with van der Waals surface area (Å²) in [6, 6.07) is -1.06. The molecule has 10 heteroatoms. The van der Waals surface area contributed by atoms with E-state index in [4.69, 9.17) is 9.05 Å². The van der Waals surface area contributed by atoms with Crippen LogP contribution in [0.3, 0.4) is 0 Å². The maximum atomic E-state index is 13.0. The Balaban J connectivity index is 4.32. The van der Waals surface area contributed by atoms with E-state index in [2.05, 4.69) is 26.1 Å². The molecule has 0 aromatic heterocycles. The van der Waals surface area contributed by atoms with Crippen LogP contribution in [-0.4, -0.2) is 79.8 Å². The van der Waals surface area contributed by atoms with Crippen LogP contribution in [-0.2, 0) is 18.4 Å². The van der Waals surface area contributed by atoms with Gasteiger partial charge in [-0.05, 0) is 25.2 Å². The Morgan fingerprint density at radius 1 is 0.638 bits per heavy atom. The molecule has 0 fully saturated rings. The van der Waals surface area contributed by atoms with E-state index in [9.17, 15) is 24.5 Å². The van der Waals surface area contributed by atoms with Crippen LogP contribution in [0, 0.1) is 5.92 Å². The van der Waals surface area contributed by atoms with Crippen LogP contribution in [0.4, 0.5) is 0 Å². The zero-order chi connectivity index (χ0) is 43.2. The third-order valence-corrected chi connectivity index (χ3v) is 12.2. The predicted molar refractivity (Wildman–Crippen MR) is 244 cm³/mol. The highest BCUT2D eigenvalue weighted by Gasteiger charge is 2.26. The van der Waals surface area contributed by atoms with Gasteiger partial charge in [-0.25, -0.2) is 0 Å². The van der Waals surface area contributed by atoms with Crippen LogP contribution in [0.5, 0.6) is 0 Å². The highest BCUT2D eigenvalue weighted by Crippen LogP contribution is 2.38. The molecular weight excluding hydrogens is 748 g/mol. The van der Waals surface area contributed by atoms with Crippen molar-refractivity contribution in [1.29, 1.82) is 0 Å². The van der Waals surface area contributed by atoms with Crippen molar-refractivity contribution in [3.8, 4) is 0 Å². The fourth-order valence-electron chi connectivity index (χ4n) is 7.29. The van der Waals surface area contributed by atoms with E-state index >= 15 is 0 Å². The molecule has 9 nitrogen and oxygen atoms in total. The van der Waals surface area contributed by atoms with Gasteiger partial charge in [-0.2, -0.15) is 0 Å². The summed E-state index contributed by atoms with van der Waals surface area (Å²) in [6.45, 7) is 6.75. The van der Waals surface area contributed by atoms with Crippen molar-refractivity contribution in [3.63, 3.8) is 0 Å². The summed E-state index contributed by atoms with van der Waals surface area (Å²) in [4.78, 5) is 25.4. The molecule has 1 amide bonds. The number of amides is 1. The van der Waals surface area contributed by atoms with Crippen molar-refractivity contribution in [2.75, 3.05) is 40.9 Å². The second-order valence-electron chi connectivity index (χ2n) is 18.8. The standard InChI is InChI=1S/C48H97N2O7P/c1-7-8-9-10-11-12-13-14-15-16-17-18-19-20-21-22-23-24-27-31-34-37-40-47(52)48(53)49-45(43-57-58(54,55)56-42-41-50(4,5)6)46(51)39-36-33-30-28-25-26-29-32-35-38-44(2)3/h36,39,44-47,51-52H,7-35,37-38,40-43H2,1-6H3,(H-,49,53,54,55)/b39-36+/t45-,46+,47?/m0/s1. The number of nitrogens with zero attached hydrogens (tertiary/aromatic N) is 1. The maximum Gasteiger partial charge on any atom is 0.268 e. The molecule has 0 spiro atoms. The van der Waals surface area contributed by atoms with Gasteiger partial charge in [-0.15, -0.1) is 0 Å². The summed E-state index contributed by atoms with van der Waals surface area (Å²) < 4.78 is 23.1. The molecule has 0 aromatic carbocycles. The number of rotatable bonds is 44. The van der Waals surface area contributed by atoms with E-state index in [-0.39, 0.29) is 6.61 Å². The molecule has 0 aliphatic carbocycles. The van der Waals surface area contributed by atoms with Gasteiger partial charge in [-0.3, -0.25) is 9.36 Å². The molecule has 58 heavy (non-hydrogen) atoms. The Kier molecular flexibility index (Phi) is 38.5. The quantitative estimate of drug-likeness (QED) is 0.0241. The van der Waals surface area contributed by atoms with Gasteiger partial charge in [-0.1, -0.05) is 219 Å². The van der Waals surface area contributed by atoms with Crippen molar-refractivity contribution in [2.45, 2.75) is 244 Å². The summed E-state index contributed by atoms with van der Waals surface area (Å²) in [5.41, 5.74) is 0. The third kappa shape index (κ3) is 40.6. The highest BCUT2D eigenvalue weighted by atomic mass is 31.2. The Labute approximate surface area is 359 Å². The number of hydrogen-bond donors (Lipinski definition) is 3. The van der Waals surface area contributed by atoms with Crippen molar-refractivity contribution in [3.05, 3.63) is 12.2 Å². The largest absolute Gasteiger partial charge is 0.756 e. The molecule has 4 atom stereocenters. The van der Waals surface area contributed by atoms with E-state index in [0.29, 0.717) is 17.4 Å². The van der Waals surface area contributed by atoms with Gasteiger partial charge in [0.15, 0.2) is 0 Å². The number of aliphatic hydroxyl groups excluding tert-OH is 2. The van der Waals surface area contributed by atoms with Crippen LogP contribution >= 0.6 is 7.82 Å². The fourth-order valence-corrected chi connectivity index (χ4v) is 8.01. The number of hydrogen-bond acceptors (Lipinski definition) is 7. The Hall–Kier alpha value is -0.800. The topological polar surface area (TPSA) is 128 Å². The number of phosphoric ester groups is 1. The lowest BCUT2D eigenvalue weighted by atomic mass is 10.0. The Morgan fingerprint density at radius 2 is 1.03 bits per heavy atom. The van der Waals surface area contributed by atoms with Gasteiger partial charge in [0.1, 0.15) is 19.3 Å². The normalized spacial score (nSPS) is 14.9. The molecule has 0 rings (SSSR count). The van der Waals surface area contributed by atoms with Crippen molar-refractivity contribution >= 4 is 13.7 Å². The second-order valence-corrected chi connectivity index (χ2v) is 20.2. The number of allylic oxidation sites excluding steroid dienone is 1. The summed E-state index contributed by atoms with van der Waals surface area (Å²) in [5, 5.41) is 24.2. The van der Waals surface area contributed by atoms with Gasteiger partial charge in [0.2, 0.25) is 5.91 Å². The first kappa shape index (κ1) is 57.2. The smallest absolute Gasteiger partial charge is 0.268 e. The molecule has 3 N–H and O–H groups in total.